The molecule has 0 radical (unpaired) electrons. The molecule has 8 heteroatoms. The van der Waals surface area contributed by atoms with Crippen molar-refractivity contribution in [3.63, 3.8) is 0 Å². The fourth-order valence-electron chi connectivity index (χ4n) is 3.53. The van der Waals surface area contributed by atoms with Gasteiger partial charge in [0.05, 0.1) is 17.6 Å². The van der Waals surface area contributed by atoms with E-state index in [0.717, 1.165) is 16.9 Å². The van der Waals surface area contributed by atoms with Crippen molar-refractivity contribution in [1.82, 2.24) is 4.90 Å². The Morgan fingerprint density at radius 2 is 2.14 bits per heavy atom. The first-order valence-corrected chi connectivity index (χ1v) is 10.7. The number of nitrogens with zero attached hydrogens (tertiary/aromatic N) is 2. The van der Waals surface area contributed by atoms with Gasteiger partial charge in [-0.3, -0.25) is 14.9 Å². The summed E-state index contributed by atoms with van der Waals surface area (Å²) in [5.41, 5.74) is 1.26. The van der Waals surface area contributed by atoms with Gasteiger partial charge in [-0.15, -0.1) is 22.7 Å². The summed E-state index contributed by atoms with van der Waals surface area (Å²) in [5, 5.41) is 15.5. The highest BCUT2D eigenvalue weighted by atomic mass is 32.1. The first-order valence-electron chi connectivity index (χ1n) is 8.92. The molecule has 0 N–H and O–H groups in total. The van der Waals surface area contributed by atoms with E-state index < -0.39 is 4.92 Å². The SMILES string of the molecule is CCOc1ccc(C(=O)N2CCc3sccc3[C@H]2c2cccs2)cc1[N+](=O)[O-]. The van der Waals surface area contributed by atoms with E-state index in [1.54, 1.807) is 35.7 Å². The van der Waals surface area contributed by atoms with E-state index in [9.17, 15) is 14.9 Å². The number of thiophene rings is 2. The number of ether oxygens (including phenoxy) is 1. The zero-order valence-electron chi connectivity index (χ0n) is 15.2. The number of carbonyl (C=O) groups excluding carboxylic acids is 1. The van der Waals surface area contributed by atoms with E-state index in [4.69, 9.17) is 4.74 Å². The van der Waals surface area contributed by atoms with Crippen LogP contribution in [0, 0.1) is 10.1 Å². The molecular weight excluding hydrogens is 396 g/mol. The number of hydrogen-bond acceptors (Lipinski definition) is 6. The molecule has 1 amide bonds. The molecule has 0 spiro atoms. The molecule has 0 aliphatic carbocycles. The monoisotopic (exact) mass is 414 g/mol. The third-order valence-corrected chi connectivity index (χ3v) is 6.66. The number of carbonyl (C=O) groups is 1. The van der Waals surface area contributed by atoms with Crippen LogP contribution in [0.3, 0.4) is 0 Å². The first kappa shape index (κ1) is 18.6. The number of rotatable bonds is 5. The molecule has 4 rings (SSSR count). The van der Waals surface area contributed by atoms with Crippen LogP contribution in [0.15, 0.2) is 47.2 Å². The second-order valence-electron chi connectivity index (χ2n) is 6.34. The average Bonchev–Trinajstić information content (AvgIpc) is 3.38. The third kappa shape index (κ3) is 3.29. The maximum absolute atomic E-state index is 13.4. The minimum atomic E-state index is -0.508. The van der Waals surface area contributed by atoms with Gasteiger partial charge in [-0.2, -0.15) is 0 Å². The van der Waals surface area contributed by atoms with E-state index in [1.165, 1.54) is 17.0 Å². The van der Waals surface area contributed by atoms with Crippen LogP contribution < -0.4 is 4.74 Å². The Hall–Kier alpha value is -2.71. The fourth-order valence-corrected chi connectivity index (χ4v) is 5.28. The number of nitro groups is 1. The second kappa shape index (κ2) is 7.73. The zero-order chi connectivity index (χ0) is 19.7. The smallest absolute Gasteiger partial charge is 0.311 e. The molecule has 1 aromatic carbocycles. The highest BCUT2D eigenvalue weighted by molar-refractivity contribution is 7.10. The van der Waals surface area contributed by atoms with Crippen molar-refractivity contribution in [2.24, 2.45) is 0 Å². The average molecular weight is 415 g/mol. The Morgan fingerprint density at radius 1 is 1.29 bits per heavy atom. The lowest BCUT2D eigenvalue weighted by molar-refractivity contribution is -0.385. The van der Waals surface area contributed by atoms with Crippen molar-refractivity contribution in [1.29, 1.82) is 0 Å². The first-order chi connectivity index (χ1) is 13.6. The molecule has 0 bridgehead atoms. The molecule has 0 saturated heterocycles. The van der Waals surface area contributed by atoms with Crippen LogP contribution in [0.2, 0.25) is 0 Å². The fraction of sp³-hybridized carbons (Fsp3) is 0.250. The number of fused-ring (bicyclic) bond motifs is 1. The van der Waals surface area contributed by atoms with Crippen molar-refractivity contribution in [2.45, 2.75) is 19.4 Å². The quantitative estimate of drug-likeness (QED) is 0.439. The van der Waals surface area contributed by atoms with Gasteiger partial charge >= 0.3 is 5.69 Å². The Balaban J connectivity index is 1.73. The maximum atomic E-state index is 13.4. The van der Waals surface area contributed by atoms with Gasteiger partial charge in [0.15, 0.2) is 5.75 Å². The topological polar surface area (TPSA) is 72.7 Å². The number of benzene rings is 1. The van der Waals surface area contributed by atoms with Crippen molar-refractivity contribution in [3.05, 3.63) is 78.2 Å². The molecular formula is C20H18N2O4S2. The lowest BCUT2D eigenvalue weighted by atomic mass is 9.97. The van der Waals surface area contributed by atoms with Crippen LogP contribution in [-0.4, -0.2) is 28.9 Å². The van der Waals surface area contributed by atoms with Crippen molar-refractivity contribution in [2.75, 3.05) is 13.2 Å². The molecule has 0 unspecified atom stereocenters. The molecule has 3 heterocycles. The minimum Gasteiger partial charge on any atom is -0.487 e. The second-order valence-corrected chi connectivity index (χ2v) is 8.32. The molecule has 3 aromatic rings. The Labute approximate surface area is 170 Å². The molecule has 0 fully saturated rings. The summed E-state index contributed by atoms with van der Waals surface area (Å²) >= 11 is 3.32. The Bertz CT molecular complexity index is 1010. The number of amides is 1. The summed E-state index contributed by atoms with van der Waals surface area (Å²) in [5.74, 6) is -0.0287. The lowest BCUT2D eigenvalue weighted by Gasteiger charge is -2.35. The zero-order valence-corrected chi connectivity index (χ0v) is 16.8. The number of nitro benzene ring substituents is 1. The molecule has 2 aromatic heterocycles. The van der Waals surface area contributed by atoms with E-state index in [1.807, 2.05) is 22.4 Å². The van der Waals surface area contributed by atoms with Crippen LogP contribution in [0.1, 0.15) is 38.6 Å². The normalized spacial score (nSPS) is 15.9. The van der Waals surface area contributed by atoms with Gasteiger partial charge in [-0.1, -0.05) is 6.07 Å². The van der Waals surface area contributed by atoms with Crippen LogP contribution in [-0.2, 0) is 6.42 Å². The minimum absolute atomic E-state index is 0.159. The van der Waals surface area contributed by atoms with Gasteiger partial charge in [0.2, 0.25) is 0 Å². The van der Waals surface area contributed by atoms with Crippen LogP contribution in [0.25, 0.3) is 0 Å². The summed E-state index contributed by atoms with van der Waals surface area (Å²) < 4.78 is 5.33. The van der Waals surface area contributed by atoms with Crippen molar-refractivity contribution in [3.8, 4) is 5.75 Å². The molecule has 1 aliphatic rings. The van der Waals surface area contributed by atoms with Crippen LogP contribution in [0.4, 0.5) is 5.69 Å². The third-order valence-electron chi connectivity index (χ3n) is 4.74. The predicted octanol–water partition coefficient (Wildman–Crippen LogP) is 4.90. The van der Waals surface area contributed by atoms with E-state index in [2.05, 4.69) is 11.4 Å². The summed E-state index contributed by atoms with van der Waals surface area (Å²) in [6.07, 6.45) is 0.791. The summed E-state index contributed by atoms with van der Waals surface area (Å²) in [6, 6.07) is 10.4. The van der Waals surface area contributed by atoms with Crippen molar-refractivity contribution < 1.29 is 14.5 Å². The lowest BCUT2D eigenvalue weighted by Crippen LogP contribution is -2.39. The summed E-state index contributed by atoms with van der Waals surface area (Å²) in [6.45, 7) is 2.66. The maximum Gasteiger partial charge on any atom is 0.311 e. The van der Waals surface area contributed by atoms with Crippen LogP contribution >= 0.6 is 22.7 Å². The molecule has 144 valence electrons. The predicted molar refractivity (Wildman–Crippen MR) is 109 cm³/mol. The van der Waals surface area contributed by atoms with Gasteiger partial charge in [0.1, 0.15) is 0 Å². The standard InChI is InChI=1S/C20H18N2O4S2/c1-2-26-16-6-5-13(12-15(16)22(24)25)20(23)21-9-7-17-14(8-11-28-17)19(21)18-4-3-10-27-18/h3-6,8,10-12,19H,2,7,9H2,1H3/t19-/m0/s1. The highest BCUT2D eigenvalue weighted by Gasteiger charge is 2.34. The van der Waals surface area contributed by atoms with E-state index in [0.29, 0.717) is 18.7 Å². The number of hydrogen-bond donors (Lipinski definition) is 0. The Morgan fingerprint density at radius 3 is 2.86 bits per heavy atom. The van der Waals surface area contributed by atoms with E-state index >= 15 is 0 Å². The summed E-state index contributed by atoms with van der Waals surface area (Å²) in [7, 11) is 0. The van der Waals surface area contributed by atoms with Gasteiger partial charge < -0.3 is 9.64 Å². The summed E-state index contributed by atoms with van der Waals surface area (Å²) in [4.78, 5) is 28.5. The van der Waals surface area contributed by atoms with Gasteiger partial charge in [-0.25, -0.2) is 0 Å². The molecule has 1 atom stereocenters. The van der Waals surface area contributed by atoms with E-state index in [-0.39, 0.29) is 23.4 Å². The largest absolute Gasteiger partial charge is 0.487 e. The molecule has 1 aliphatic heterocycles. The highest BCUT2D eigenvalue weighted by Crippen LogP contribution is 2.40. The molecule has 28 heavy (non-hydrogen) atoms. The van der Waals surface area contributed by atoms with Crippen molar-refractivity contribution >= 4 is 34.3 Å². The van der Waals surface area contributed by atoms with Gasteiger partial charge in [0, 0.05) is 27.9 Å². The van der Waals surface area contributed by atoms with Crippen LogP contribution in [0.5, 0.6) is 5.75 Å². The molecule has 0 saturated carbocycles. The Kier molecular flexibility index (Phi) is 5.15. The molecule has 6 nitrogen and oxygen atoms in total. The van der Waals surface area contributed by atoms with Gasteiger partial charge in [-0.05, 0) is 53.9 Å². The van der Waals surface area contributed by atoms with Gasteiger partial charge in [0.25, 0.3) is 5.91 Å².